The Kier molecular flexibility index (Phi) is 6.63. The lowest BCUT2D eigenvalue weighted by molar-refractivity contribution is -0.121. The maximum Gasteiger partial charge on any atom is 0.243 e. The minimum Gasteiger partial charge on any atom is -0.325 e. The number of benzene rings is 2. The van der Waals surface area contributed by atoms with Crippen molar-refractivity contribution in [3.05, 3.63) is 58.6 Å². The van der Waals surface area contributed by atoms with Gasteiger partial charge in [-0.3, -0.25) is 9.69 Å². The van der Waals surface area contributed by atoms with Crippen LogP contribution in [0.4, 0.5) is 5.69 Å². The van der Waals surface area contributed by atoms with Gasteiger partial charge in [0, 0.05) is 36.9 Å². The molecule has 2 aromatic carbocycles. The lowest BCUT2D eigenvalue weighted by atomic mass is 10.2. The van der Waals surface area contributed by atoms with E-state index in [0.717, 1.165) is 11.1 Å². The third-order valence-electron chi connectivity index (χ3n) is 5.26. The SMILES string of the molecule is Cc1ccc(S(=O)(=O)N2CCN(C(C)C(=O)Nc3ccc(Cl)cc3)CC2)c(C)c1. The second-order valence-corrected chi connectivity index (χ2v) is 9.72. The molecule has 1 unspecified atom stereocenters. The highest BCUT2D eigenvalue weighted by Gasteiger charge is 2.32. The van der Waals surface area contributed by atoms with Gasteiger partial charge in [-0.05, 0) is 56.7 Å². The van der Waals surface area contributed by atoms with Crippen LogP contribution in [0.5, 0.6) is 0 Å². The van der Waals surface area contributed by atoms with E-state index >= 15 is 0 Å². The Bertz CT molecular complexity index is 985. The van der Waals surface area contributed by atoms with Gasteiger partial charge in [0.1, 0.15) is 0 Å². The van der Waals surface area contributed by atoms with E-state index < -0.39 is 10.0 Å². The summed E-state index contributed by atoms with van der Waals surface area (Å²) in [6.07, 6.45) is 0. The lowest BCUT2D eigenvalue weighted by Gasteiger charge is -2.36. The summed E-state index contributed by atoms with van der Waals surface area (Å²) in [7, 11) is -3.54. The van der Waals surface area contributed by atoms with Crippen LogP contribution >= 0.6 is 11.6 Å². The zero-order valence-corrected chi connectivity index (χ0v) is 18.4. The highest BCUT2D eigenvalue weighted by atomic mass is 35.5. The van der Waals surface area contributed by atoms with Crippen molar-refractivity contribution in [1.29, 1.82) is 0 Å². The van der Waals surface area contributed by atoms with Crippen molar-refractivity contribution in [3.63, 3.8) is 0 Å². The van der Waals surface area contributed by atoms with E-state index in [2.05, 4.69) is 5.32 Å². The van der Waals surface area contributed by atoms with Crippen LogP contribution in [-0.2, 0) is 14.8 Å². The predicted molar refractivity (Wildman–Crippen MR) is 116 cm³/mol. The van der Waals surface area contributed by atoms with Crippen LogP contribution in [-0.4, -0.2) is 55.8 Å². The first-order valence-corrected chi connectivity index (χ1v) is 11.4. The van der Waals surface area contributed by atoms with Gasteiger partial charge in [-0.15, -0.1) is 0 Å². The van der Waals surface area contributed by atoms with Crippen LogP contribution in [0.2, 0.25) is 5.02 Å². The summed E-state index contributed by atoms with van der Waals surface area (Å²) < 4.78 is 27.5. The van der Waals surface area contributed by atoms with E-state index in [0.29, 0.717) is 41.8 Å². The normalized spacial score (nSPS) is 17.1. The lowest BCUT2D eigenvalue weighted by Crippen LogP contribution is -2.54. The second kappa shape index (κ2) is 8.83. The smallest absolute Gasteiger partial charge is 0.243 e. The summed E-state index contributed by atoms with van der Waals surface area (Å²) in [6.45, 7) is 7.30. The number of sulfonamides is 1. The Morgan fingerprint density at radius 2 is 1.66 bits per heavy atom. The average Bonchev–Trinajstić information content (AvgIpc) is 2.69. The molecule has 1 fully saturated rings. The van der Waals surface area contributed by atoms with Crippen LogP contribution in [0.15, 0.2) is 47.4 Å². The summed E-state index contributed by atoms with van der Waals surface area (Å²) in [5.74, 6) is -0.127. The number of piperazine rings is 1. The summed E-state index contributed by atoms with van der Waals surface area (Å²) >= 11 is 5.87. The molecule has 0 aromatic heterocycles. The van der Waals surface area contributed by atoms with Gasteiger partial charge in [0.2, 0.25) is 15.9 Å². The van der Waals surface area contributed by atoms with Gasteiger partial charge in [0.25, 0.3) is 0 Å². The number of halogens is 1. The van der Waals surface area contributed by atoms with Crippen molar-refractivity contribution in [2.75, 3.05) is 31.5 Å². The first-order valence-electron chi connectivity index (χ1n) is 9.56. The number of nitrogens with one attached hydrogen (secondary N) is 1. The van der Waals surface area contributed by atoms with Crippen LogP contribution in [0.3, 0.4) is 0 Å². The van der Waals surface area contributed by atoms with E-state index in [1.165, 1.54) is 4.31 Å². The molecule has 3 rings (SSSR count). The van der Waals surface area contributed by atoms with Crippen molar-refractivity contribution in [1.82, 2.24) is 9.21 Å². The third kappa shape index (κ3) is 4.98. The standard InChI is InChI=1S/C21H26ClN3O3S/c1-15-4-9-20(16(2)14-15)29(27,28)25-12-10-24(11-13-25)17(3)21(26)23-19-7-5-18(22)6-8-19/h4-9,14,17H,10-13H2,1-3H3,(H,23,26). The van der Waals surface area contributed by atoms with E-state index in [-0.39, 0.29) is 11.9 Å². The monoisotopic (exact) mass is 435 g/mol. The number of hydrogen-bond donors (Lipinski definition) is 1. The second-order valence-electron chi connectivity index (χ2n) is 7.38. The van der Waals surface area contributed by atoms with Crippen molar-refractivity contribution in [2.45, 2.75) is 31.7 Å². The number of hydrogen-bond acceptors (Lipinski definition) is 4. The number of nitrogens with zero attached hydrogens (tertiary/aromatic N) is 2. The molecule has 1 atom stereocenters. The number of rotatable bonds is 5. The number of amides is 1. The number of aryl methyl sites for hydroxylation is 2. The predicted octanol–water partition coefficient (Wildman–Crippen LogP) is 3.29. The highest BCUT2D eigenvalue weighted by Crippen LogP contribution is 2.23. The molecule has 1 amide bonds. The first-order chi connectivity index (χ1) is 13.7. The molecule has 1 aliphatic heterocycles. The molecular weight excluding hydrogens is 410 g/mol. The van der Waals surface area contributed by atoms with Crippen molar-refractivity contribution in [2.24, 2.45) is 0 Å². The van der Waals surface area contributed by atoms with Gasteiger partial charge in [-0.2, -0.15) is 4.31 Å². The molecule has 0 radical (unpaired) electrons. The minimum absolute atomic E-state index is 0.127. The molecule has 1 aliphatic rings. The highest BCUT2D eigenvalue weighted by molar-refractivity contribution is 7.89. The summed E-state index contributed by atoms with van der Waals surface area (Å²) in [5.41, 5.74) is 2.47. The Hall–Kier alpha value is -1.93. The average molecular weight is 436 g/mol. The van der Waals surface area contributed by atoms with Gasteiger partial charge in [-0.25, -0.2) is 8.42 Å². The number of carbonyl (C=O) groups is 1. The first kappa shape index (κ1) is 21.8. The molecule has 6 nitrogen and oxygen atoms in total. The van der Waals surface area contributed by atoms with E-state index in [9.17, 15) is 13.2 Å². The molecule has 156 valence electrons. The molecule has 1 N–H and O–H groups in total. The van der Waals surface area contributed by atoms with Gasteiger partial charge >= 0.3 is 0 Å². The van der Waals surface area contributed by atoms with E-state index in [4.69, 9.17) is 11.6 Å². The number of anilines is 1. The molecule has 1 heterocycles. The Morgan fingerprint density at radius 3 is 2.24 bits per heavy atom. The third-order valence-corrected chi connectivity index (χ3v) is 7.57. The molecule has 0 spiro atoms. The van der Waals surface area contributed by atoms with E-state index in [1.54, 1.807) is 30.3 Å². The van der Waals surface area contributed by atoms with Gasteiger partial charge in [0.15, 0.2) is 0 Å². The summed E-state index contributed by atoms with van der Waals surface area (Å²) in [6, 6.07) is 12.0. The maximum atomic E-state index is 13.0. The van der Waals surface area contributed by atoms with Crippen LogP contribution in [0, 0.1) is 13.8 Å². The molecule has 0 bridgehead atoms. The molecule has 1 saturated heterocycles. The van der Waals surface area contributed by atoms with Crippen LogP contribution in [0.25, 0.3) is 0 Å². The molecule has 0 saturated carbocycles. The van der Waals surface area contributed by atoms with Crippen molar-refractivity contribution in [3.8, 4) is 0 Å². The Balaban J connectivity index is 1.62. The molecule has 0 aliphatic carbocycles. The molecule has 8 heteroatoms. The van der Waals surface area contributed by atoms with Crippen molar-refractivity contribution < 1.29 is 13.2 Å². The van der Waals surface area contributed by atoms with Crippen LogP contribution < -0.4 is 5.32 Å². The summed E-state index contributed by atoms with van der Waals surface area (Å²) in [5, 5.41) is 3.48. The quantitative estimate of drug-likeness (QED) is 0.782. The van der Waals surface area contributed by atoms with Gasteiger partial charge < -0.3 is 5.32 Å². The maximum absolute atomic E-state index is 13.0. The van der Waals surface area contributed by atoms with Crippen molar-refractivity contribution >= 4 is 33.2 Å². The largest absolute Gasteiger partial charge is 0.325 e. The zero-order chi connectivity index (χ0) is 21.2. The molecular formula is C21H26ClN3O3S. The minimum atomic E-state index is -3.54. The van der Waals surface area contributed by atoms with E-state index in [1.807, 2.05) is 37.8 Å². The van der Waals surface area contributed by atoms with Crippen LogP contribution in [0.1, 0.15) is 18.1 Å². The fourth-order valence-corrected chi connectivity index (χ4v) is 5.26. The molecule has 29 heavy (non-hydrogen) atoms. The van der Waals surface area contributed by atoms with Gasteiger partial charge in [-0.1, -0.05) is 29.3 Å². The van der Waals surface area contributed by atoms with Gasteiger partial charge in [0.05, 0.1) is 10.9 Å². The zero-order valence-electron chi connectivity index (χ0n) is 16.9. The summed E-state index contributed by atoms with van der Waals surface area (Å²) in [4.78, 5) is 14.9. The Labute approximate surface area is 177 Å². The number of carbonyl (C=O) groups excluding carboxylic acids is 1. The fourth-order valence-electron chi connectivity index (χ4n) is 3.50. The topological polar surface area (TPSA) is 69.7 Å². The molecule has 2 aromatic rings. The fraction of sp³-hybridized carbons (Fsp3) is 0.381. The Morgan fingerprint density at radius 1 is 1.03 bits per heavy atom.